The first-order valence-corrected chi connectivity index (χ1v) is 8.15. The molecule has 2 fully saturated rings. The predicted octanol–water partition coefficient (Wildman–Crippen LogP) is 1.13. The average molecular weight is 424 g/mol. The molecule has 1 amide bonds. The van der Waals surface area contributed by atoms with Crippen molar-refractivity contribution < 1.29 is 9.90 Å². The van der Waals surface area contributed by atoms with Crippen LogP contribution >= 0.6 is 24.0 Å². The zero-order valence-corrected chi connectivity index (χ0v) is 15.7. The topological polar surface area (TPSA) is 85.8 Å². The second-order valence-corrected chi connectivity index (χ2v) is 6.16. The maximum absolute atomic E-state index is 11.2. The van der Waals surface area contributed by atoms with Crippen LogP contribution in [0.3, 0.4) is 0 Å². The fraction of sp³-hybridized carbons (Fsp3) is 0.867. The Morgan fingerprint density at radius 1 is 1.41 bits per heavy atom. The minimum absolute atomic E-state index is 0. The van der Waals surface area contributed by atoms with Crippen LogP contribution in [0.4, 0.5) is 0 Å². The molecule has 1 saturated carbocycles. The number of hydrogen-bond acceptors (Lipinski definition) is 3. The highest BCUT2D eigenvalue weighted by molar-refractivity contribution is 14.0. The lowest BCUT2D eigenvalue weighted by atomic mass is 9.85. The van der Waals surface area contributed by atoms with Gasteiger partial charge in [-0.2, -0.15) is 0 Å². The van der Waals surface area contributed by atoms with Crippen LogP contribution in [0, 0.1) is 0 Å². The number of carbonyl (C=O) groups is 1. The van der Waals surface area contributed by atoms with Crippen molar-refractivity contribution in [1.29, 1.82) is 0 Å². The van der Waals surface area contributed by atoms with Gasteiger partial charge in [0.2, 0.25) is 5.91 Å². The minimum Gasteiger partial charge on any atom is -0.388 e. The fourth-order valence-electron chi connectivity index (χ4n) is 2.96. The van der Waals surface area contributed by atoms with Crippen LogP contribution in [-0.4, -0.2) is 48.3 Å². The molecular weight excluding hydrogens is 395 g/mol. The Bertz CT molecular complexity index is 374. The maximum Gasteiger partial charge on any atom is 0.220 e. The van der Waals surface area contributed by atoms with Crippen LogP contribution in [0.25, 0.3) is 0 Å². The van der Waals surface area contributed by atoms with E-state index in [0.29, 0.717) is 19.5 Å². The second kappa shape index (κ2) is 9.54. The van der Waals surface area contributed by atoms with Crippen molar-refractivity contribution in [2.45, 2.75) is 63.5 Å². The SMILES string of the molecule is CCNC(=NCC1(O)CCCCC1)NC1CCC(=O)NC1.I. The molecule has 1 saturated heterocycles. The largest absolute Gasteiger partial charge is 0.388 e. The molecule has 0 radical (unpaired) electrons. The van der Waals surface area contributed by atoms with Crippen molar-refractivity contribution >= 4 is 35.8 Å². The van der Waals surface area contributed by atoms with Crippen molar-refractivity contribution in [1.82, 2.24) is 16.0 Å². The van der Waals surface area contributed by atoms with Gasteiger partial charge in [0.15, 0.2) is 5.96 Å². The Hall–Kier alpha value is -0.570. The predicted molar refractivity (Wildman–Crippen MR) is 98.6 cm³/mol. The summed E-state index contributed by atoms with van der Waals surface area (Å²) in [6, 6.07) is 0.210. The number of amides is 1. The van der Waals surface area contributed by atoms with Gasteiger partial charge < -0.3 is 21.1 Å². The van der Waals surface area contributed by atoms with Gasteiger partial charge in [-0.05, 0) is 26.2 Å². The number of piperidine rings is 1. The van der Waals surface area contributed by atoms with E-state index < -0.39 is 5.60 Å². The van der Waals surface area contributed by atoms with E-state index in [-0.39, 0.29) is 35.9 Å². The number of carbonyl (C=O) groups excluding carboxylic acids is 1. The number of hydrogen-bond donors (Lipinski definition) is 4. The first-order valence-electron chi connectivity index (χ1n) is 8.15. The van der Waals surface area contributed by atoms with E-state index in [4.69, 9.17) is 0 Å². The third-order valence-electron chi connectivity index (χ3n) is 4.27. The Kier molecular flexibility index (Phi) is 8.45. The first-order chi connectivity index (χ1) is 10.1. The van der Waals surface area contributed by atoms with Gasteiger partial charge in [-0.25, -0.2) is 0 Å². The van der Waals surface area contributed by atoms with Gasteiger partial charge >= 0.3 is 0 Å². The molecule has 0 bridgehead atoms. The van der Waals surface area contributed by atoms with E-state index in [9.17, 15) is 9.90 Å². The van der Waals surface area contributed by atoms with E-state index in [1.54, 1.807) is 0 Å². The number of aliphatic hydroxyl groups is 1. The highest BCUT2D eigenvalue weighted by Crippen LogP contribution is 2.28. The normalized spacial score (nSPS) is 24.9. The van der Waals surface area contributed by atoms with Crippen molar-refractivity contribution in [3.63, 3.8) is 0 Å². The fourth-order valence-corrected chi connectivity index (χ4v) is 2.96. The molecule has 1 aliphatic carbocycles. The Morgan fingerprint density at radius 3 is 2.73 bits per heavy atom. The molecular formula is C15H29IN4O2. The van der Waals surface area contributed by atoms with Crippen molar-refractivity contribution in [2.75, 3.05) is 19.6 Å². The number of aliphatic imine (C=N–C) groups is 1. The quantitative estimate of drug-likeness (QED) is 0.310. The van der Waals surface area contributed by atoms with Gasteiger partial charge in [0.05, 0.1) is 12.1 Å². The molecule has 2 rings (SSSR count). The lowest BCUT2D eigenvalue weighted by Gasteiger charge is -2.31. The number of rotatable bonds is 4. The van der Waals surface area contributed by atoms with E-state index in [1.165, 1.54) is 6.42 Å². The molecule has 1 atom stereocenters. The molecule has 128 valence electrons. The van der Waals surface area contributed by atoms with Crippen molar-refractivity contribution in [2.24, 2.45) is 4.99 Å². The summed E-state index contributed by atoms with van der Waals surface area (Å²) >= 11 is 0. The lowest BCUT2D eigenvalue weighted by molar-refractivity contribution is -0.122. The third-order valence-corrected chi connectivity index (χ3v) is 4.27. The molecule has 22 heavy (non-hydrogen) atoms. The number of nitrogens with one attached hydrogen (secondary N) is 3. The van der Waals surface area contributed by atoms with Crippen LogP contribution in [0.15, 0.2) is 4.99 Å². The summed E-state index contributed by atoms with van der Waals surface area (Å²) in [6.07, 6.45) is 6.45. The summed E-state index contributed by atoms with van der Waals surface area (Å²) < 4.78 is 0. The molecule has 1 unspecified atom stereocenters. The highest BCUT2D eigenvalue weighted by atomic mass is 127. The summed E-state index contributed by atoms with van der Waals surface area (Å²) in [5.41, 5.74) is -0.638. The Labute approximate surface area is 149 Å². The van der Waals surface area contributed by atoms with E-state index >= 15 is 0 Å². The molecule has 7 heteroatoms. The van der Waals surface area contributed by atoms with E-state index in [1.807, 2.05) is 6.92 Å². The summed E-state index contributed by atoms with van der Waals surface area (Å²) in [7, 11) is 0. The molecule has 1 heterocycles. The van der Waals surface area contributed by atoms with E-state index in [0.717, 1.165) is 44.6 Å². The Morgan fingerprint density at radius 2 is 2.14 bits per heavy atom. The van der Waals surface area contributed by atoms with Gasteiger partial charge in [-0.15, -0.1) is 24.0 Å². The van der Waals surface area contributed by atoms with Gasteiger partial charge in [0.25, 0.3) is 0 Å². The molecule has 0 spiro atoms. The minimum atomic E-state index is -0.638. The standard InChI is InChI=1S/C15H28N4O2.HI/c1-2-16-14(19-12-6-7-13(20)17-10-12)18-11-15(21)8-4-3-5-9-15;/h12,21H,2-11H2,1H3,(H,17,20)(H2,16,18,19);1H. The van der Waals surface area contributed by atoms with Gasteiger partial charge in [0.1, 0.15) is 0 Å². The zero-order valence-electron chi connectivity index (χ0n) is 13.4. The van der Waals surface area contributed by atoms with Crippen LogP contribution in [0.1, 0.15) is 51.9 Å². The Balaban J connectivity index is 0.00000242. The summed E-state index contributed by atoms with van der Waals surface area (Å²) in [4.78, 5) is 15.7. The number of nitrogens with zero attached hydrogens (tertiary/aromatic N) is 1. The smallest absolute Gasteiger partial charge is 0.220 e. The van der Waals surface area contributed by atoms with Crippen LogP contribution in [0.5, 0.6) is 0 Å². The monoisotopic (exact) mass is 424 g/mol. The summed E-state index contributed by atoms with van der Waals surface area (Å²) in [5.74, 6) is 0.851. The third kappa shape index (κ3) is 6.28. The van der Waals surface area contributed by atoms with Gasteiger partial charge in [-0.3, -0.25) is 9.79 Å². The zero-order chi connectivity index (χ0) is 15.1. The highest BCUT2D eigenvalue weighted by Gasteiger charge is 2.29. The molecule has 2 aliphatic rings. The summed E-state index contributed by atoms with van der Waals surface area (Å²) in [6.45, 7) is 3.88. The lowest BCUT2D eigenvalue weighted by Crippen LogP contribution is -2.51. The molecule has 1 aliphatic heterocycles. The van der Waals surface area contributed by atoms with Crippen LogP contribution < -0.4 is 16.0 Å². The molecule has 6 nitrogen and oxygen atoms in total. The molecule has 0 aromatic rings. The van der Waals surface area contributed by atoms with Gasteiger partial charge in [0, 0.05) is 25.6 Å². The van der Waals surface area contributed by atoms with Crippen molar-refractivity contribution in [3.8, 4) is 0 Å². The van der Waals surface area contributed by atoms with Crippen LogP contribution in [0.2, 0.25) is 0 Å². The number of halogens is 1. The first kappa shape index (κ1) is 19.5. The summed E-state index contributed by atoms with van der Waals surface area (Å²) in [5, 5.41) is 19.9. The average Bonchev–Trinajstić information content (AvgIpc) is 2.48. The van der Waals surface area contributed by atoms with Crippen molar-refractivity contribution in [3.05, 3.63) is 0 Å². The maximum atomic E-state index is 11.2. The molecule has 4 N–H and O–H groups in total. The van der Waals surface area contributed by atoms with Gasteiger partial charge in [-0.1, -0.05) is 19.3 Å². The number of guanidine groups is 1. The molecule has 0 aromatic carbocycles. The molecule has 0 aromatic heterocycles. The van der Waals surface area contributed by atoms with E-state index in [2.05, 4.69) is 20.9 Å². The second-order valence-electron chi connectivity index (χ2n) is 6.16. The van der Waals surface area contributed by atoms with Crippen LogP contribution in [-0.2, 0) is 4.79 Å².